The average molecular weight is 1440 g/mol. The van der Waals surface area contributed by atoms with Gasteiger partial charge in [0, 0.05) is 6.61 Å². The molecule has 0 saturated heterocycles. The first-order valence-corrected chi connectivity index (χ1v) is 40.0. The third kappa shape index (κ3) is 20.2. The number of ether oxygens (including phenoxy) is 5. The fourth-order valence-electron chi connectivity index (χ4n) is 14.9. The molecule has 546 valence electrons. The van der Waals surface area contributed by atoms with Crippen molar-refractivity contribution in [1.82, 2.24) is 0 Å². The number of aliphatic hydroxyl groups excluding tert-OH is 1. The summed E-state index contributed by atoms with van der Waals surface area (Å²) < 4.78 is 127. The van der Waals surface area contributed by atoms with Crippen LogP contribution >= 0.6 is 0 Å². The average Bonchev–Trinajstić information content (AvgIpc) is 0.760. The molecule has 0 heterocycles. The molecule has 2 unspecified atom stereocenters. The third-order valence-electron chi connectivity index (χ3n) is 20.2. The second kappa shape index (κ2) is 36.1. The summed E-state index contributed by atoms with van der Waals surface area (Å²) in [5, 5.41) is 13.8. The van der Waals surface area contributed by atoms with Gasteiger partial charge in [0.2, 0.25) is 0 Å². The maximum Gasteiger partial charge on any atom is 0.416 e. The maximum absolute atomic E-state index is 13.4. The van der Waals surface area contributed by atoms with Crippen molar-refractivity contribution in [3.63, 3.8) is 0 Å². The SMILES string of the molecule is CC(C)(C)[Si](OCC(CO[C@@H]1CCC[C@H](CO)C1)OCc1ccc(C(F)(F)F)cc1)(c1ccccc1)c1ccccc1.CC(C)(C)[Si](OCC(CO[C@@H]1CCC[C@H](COC(c2ccccc2)(c2ccccc2)c2ccccc2)C1)OCc1ccc(C(F)(F)F)cc1)(c1ccccc1)c1ccccc1. The van der Waals surface area contributed by atoms with E-state index in [1.54, 1.807) is 0 Å². The Morgan fingerprint density at radius 3 is 0.971 bits per heavy atom. The summed E-state index contributed by atoms with van der Waals surface area (Å²) >= 11 is 0. The molecule has 103 heavy (non-hydrogen) atoms. The van der Waals surface area contributed by atoms with Gasteiger partial charge in [-0.1, -0.05) is 291 Å². The van der Waals surface area contributed by atoms with E-state index in [2.05, 4.69) is 187 Å². The molecular formula is C87H100F6O8Si2. The Bertz CT molecular complexity index is 3730. The van der Waals surface area contributed by atoms with Crippen molar-refractivity contribution in [3.05, 3.63) is 300 Å². The number of aliphatic hydroxyl groups is 1. The van der Waals surface area contributed by atoms with Crippen molar-refractivity contribution in [2.45, 2.75) is 159 Å². The molecule has 0 aromatic heterocycles. The van der Waals surface area contributed by atoms with Crippen LogP contribution in [-0.4, -0.2) is 85.8 Å². The lowest BCUT2D eigenvalue weighted by Crippen LogP contribution is -2.67. The molecule has 2 fully saturated rings. The van der Waals surface area contributed by atoms with Crippen LogP contribution in [0.25, 0.3) is 0 Å². The summed E-state index contributed by atoms with van der Waals surface area (Å²) in [5.74, 6) is 0.498. The van der Waals surface area contributed by atoms with Gasteiger partial charge in [0.15, 0.2) is 0 Å². The van der Waals surface area contributed by atoms with Crippen LogP contribution in [0.3, 0.4) is 0 Å². The number of rotatable bonds is 29. The van der Waals surface area contributed by atoms with Crippen LogP contribution in [0.5, 0.6) is 0 Å². The van der Waals surface area contributed by atoms with E-state index in [4.69, 9.17) is 32.5 Å². The lowest BCUT2D eigenvalue weighted by atomic mass is 9.79. The van der Waals surface area contributed by atoms with Crippen LogP contribution in [0.2, 0.25) is 10.1 Å². The Hall–Kier alpha value is -7.33. The fourth-order valence-corrected chi connectivity index (χ4v) is 24.0. The van der Waals surface area contributed by atoms with Crippen LogP contribution in [0.15, 0.2) is 261 Å². The summed E-state index contributed by atoms with van der Waals surface area (Å²) in [6, 6.07) is 83.2. The largest absolute Gasteiger partial charge is 0.416 e. The van der Waals surface area contributed by atoms with Crippen molar-refractivity contribution in [2.24, 2.45) is 11.8 Å². The molecule has 9 aromatic carbocycles. The molecule has 8 nitrogen and oxygen atoms in total. The Kier molecular flexibility index (Phi) is 27.4. The molecule has 0 radical (unpaired) electrons. The van der Waals surface area contributed by atoms with Crippen molar-refractivity contribution in [1.29, 1.82) is 0 Å². The van der Waals surface area contributed by atoms with Crippen molar-refractivity contribution < 1.29 is 64.0 Å². The number of hydrogen-bond donors (Lipinski definition) is 1. The molecule has 6 atom stereocenters. The van der Waals surface area contributed by atoms with Gasteiger partial charge in [0.1, 0.15) is 17.8 Å². The van der Waals surface area contributed by atoms with Crippen LogP contribution < -0.4 is 20.7 Å². The van der Waals surface area contributed by atoms with Crippen LogP contribution in [-0.2, 0) is 63.7 Å². The van der Waals surface area contributed by atoms with Crippen LogP contribution in [0.1, 0.15) is 132 Å². The quantitative estimate of drug-likeness (QED) is 0.0282. The molecular weight excluding hydrogens is 1340 g/mol. The highest BCUT2D eigenvalue weighted by Gasteiger charge is 2.52. The zero-order valence-corrected chi connectivity index (χ0v) is 62.2. The number of benzene rings is 9. The molecule has 11 rings (SSSR count). The van der Waals surface area contributed by atoms with Crippen LogP contribution in [0, 0.1) is 11.8 Å². The van der Waals surface area contributed by atoms with Gasteiger partial charge in [-0.15, -0.1) is 0 Å². The van der Waals surface area contributed by atoms with Gasteiger partial charge in [-0.25, -0.2) is 0 Å². The third-order valence-corrected chi connectivity index (χ3v) is 30.2. The fraction of sp³-hybridized carbons (Fsp3) is 0.379. The molecule has 0 amide bonds. The van der Waals surface area contributed by atoms with E-state index in [1.165, 1.54) is 24.3 Å². The normalized spacial score (nSPS) is 17.8. The van der Waals surface area contributed by atoms with Gasteiger partial charge in [0.05, 0.1) is 69.6 Å². The Labute approximate surface area is 608 Å². The smallest absolute Gasteiger partial charge is 0.405 e. The molecule has 16 heteroatoms. The first-order chi connectivity index (χ1) is 49.5. The predicted molar refractivity (Wildman–Crippen MR) is 403 cm³/mol. The van der Waals surface area contributed by atoms with Gasteiger partial charge >= 0.3 is 12.4 Å². The molecule has 0 bridgehead atoms. The van der Waals surface area contributed by atoms with E-state index in [0.717, 1.165) is 113 Å². The minimum Gasteiger partial charge on any atom is -0.405 e. The summed E-state index contributed by atoms with van der Waals surface area (Å²) in [5.41, 5.74) is 2.35. The molecule has 1 N–H and O–H groups in total. The molecule has 0 spiro atoms. The Morgan fingerprint density at radius 1 is 0.369 bits per heavy atom. The van der Waals surface area contributed by atoms with Gasteiger partial charge in [-0.05, 0) is 133 Å². The van der Waals surface area contributed by atoms with Crippen molar-refractivity contribution in [3.8, 4) is 0 Å². The van der Waals surface area contributed by atoms with Gasteiger partial charge in [-0.3, -0.25) is 0 Å². The molecule has 2 saturated carbocycles. The van der Waals surface area contributed by atoms with E-state index >= 15 is 0 Å². The first-order valence-electron chi connectivity index (χ1n) is 36.2. The topological polar surface area (TPSA) is 84.8 Å². The van der Waals surface area contributed by atoms with Crippen LogP contribution in [0.4, 0.5) is 26.3 Å². The van der Waals surface area contributed by atoms with Gasteiger partial charge < -0.3 is 37.6 Å². The summed E-state index contributed by atoms with van der Waals surface area (Å²) in [6.45, 7) is 15.4. The highest BCUT2D eigenvalue weighted by molar-refractivity contribution is 7.00. The van der Waals surface area contributed by atoms with Gasteiger partial charge in [0.25, 0.3) is 16.6 Å². The summed E-state index contributed by atoms with van der Waals surface area (Å²) in [4.78, 5) is 0. The molecule has 2 aliphatic rings. The number of hydrogen-bond acceptors (Lipinski definition) is 8. The summed E-state index contributed by atoms with van der Waals surface area (Å²) in [6.07, 6.45) is -2.20. The maximum atomic E-state index is 13.4. The standard InChI is InChI=1S/C53H57F3O4Si.C34H43F3O4Si/c1-51(2,3)61(49-28-15-7-16-29-49,50-30-17-8-18-31-50)60-40-48(57-37-41-32-34-46(35-33-41)53(54,55)56)39-58-47-27-19-20-42(36-47)38-59-52(43-21-9-4-10-22-43,44-23-11-5-12-24-44)45-25-13-6-14-26-45;1-33(2,3)42(31-13-6-4-7-14-31,32-15-8-5-9-16-32)41-25-30(24-40-29-12-10-11-27(21-29)22-38)39-23-26-17-19-28(20-18-26)34(35,36)37/h4-18,21-26,28-35,42,47-48H,19-20,27,36-40H2,1-3H3;4-9,13-20,27,29-30,38H,10-12,21-25H2,1-3H3/t42-,47+,48?;27-,29+,30?/m00/s1. The molecule has 9 aromatic rings. The minimum atomic E-state index is -4.41. The van der Waals surface area contributed by atoms with E-state index < -0.39 is 57.9 Å². The lowest BCUT2D eigenvalue weighted by molar-refractivity contribution is -0.138. The number of halogens is 6. The number of alkyl halides is 6. The second-order valence-corrected chi connectivity index (χ2v) is 38.1. The Morgan fingerprint density at radius 2 is 0.670 bits per heavy atom. The van der Waals surface area contributed by atoms with Gasteiger partial charge in [-0.2, -0.15) is 26.3 Å². The zero-order chi connectivity index (χ0) is 73.0. The van der Waals surface area contributed by atoms with E-state index in [9.17, 15) is 31.4 Å². The monoisotopic (exact) mass is 1440 g/mol. The van der Waals surface area contributed by atoms with E-state index in [0.29, 0.717) is 24.3 Å². The van der Waals surface area contributed by atoms with E-state index in [-0.39, 0.29) is 73.8 Å². The second-order valence-electron chi connectivity index (χ2n) is 29.5. The van der Waals surface area contributed by atoms with Crippen molar-refractivity contribution >= 4 is 37.4 Å². The molecule has 2 aliphatic carbocycles. The Balaban J connectivity index is 0.000000238. The minimum absolute atomic E-state index is 0.0213. The summed E-state index contributed by atoms with van der Waals surface area (Å²) in [7, 11) is -5.75. The predicted octanol–water partition coefficient (Wildman–Crippen LogP) is 18.5. The molecule has 0 aliphatic heterocycles. The van der Waals surface area contributed by atoms with Crippen molar-refractivity contribution in [2.75, 3.05) is 39.6 Å². The first kappa shape index (κ1) is 78.3. The van der Waals surface area contributed by atoms with E-state index in [1.807, 2.05) is 66.7 Å². The zero-order valence-electron chi connectivity index (χ0n) is 60.2. The lowest BCUT2D eigenvalue weighted by Gasteiger charge is -2.43. The highest BCUT2D eigenvalue weighted by Crippen LogP contribution is 2.43. The highest BCUT2D eigenvalue weighted by atomic mass is 28.4.